The lowest BCUT2D eigenvalue weighted by Gasteiger charge is -2.12. The number of fused-ring (bicyclic) bond motifs is 1. The number of carbonyl (C=O) groups is 1. The van der Waals surface area contributed by atoms with Gasteiger partial charge in [-0.2, -0.15) is 0 Å². The Hall–Kier alpha value is -2.89. The second-order valence-corrected chi connectivity index (χ2v) is 6.24. The average molecular weight is 339 g/mol. The van der Waals surface area contributed by atoms with Crippen molar-refractivity contribution in [2.75, 3.05) is 0 Å². The van der Waals surface area contributed by atoms with Crippen molar-refractivity contribution in [2.24, 2.45) is 0 Å². The molecule has 0 saturated heterocycles. The first kappa shape index (κ1) is 17.0. The predicted molar refractivity (Wildman–Crippen MR) is 93.0 cm³/mol. The Labute approximate surface area is 144 Å². The van der Waals surface area contributed by atoms with E-state index in [2.05, 4.69) is 10.3 Å². The molecule has 25 heavy (non-hydrogen) atoms. The highest BCUT2D eigenvalue weighted by Crippen LogP contribution is 2.20. The molecule has 0 aliphatic heterocycles. The van der Waals surface area contributed by atoms with Crippen LogP contribution in [-0.2, 0) is 11.3 Å². The fourth-order valence-electron chi connectivity index (χ4n) is 2.77. The van der Waals surface area contributed by atoms with Crippen LogP contribution in [0.1, 0.15) is 30.4 Å². The van der Waals surface area contributed by atoms with Crippen molar-refractivity contribution in [3.05, 3.63) is 69.8 Å². The average Bonchev–Trinajstić information content (AvgIpc) is 2.58. The molecular formula is C19H18FN3O2. The molecule has 6 heteroatoms. The molecule has 5 nitrogen and oxygen atoms in total. The van der Waals surface area contributed by atoms with Crippen LogP contribution in [0.4, 0.5) is 4.39 Å². The van der Waals surface area contributed by atoms with Crippen LogP contribution in [-0.4, -0.2) is 20.8 Å². The molecule has 0 amide bonds. The van der Waals surface area contributed by atoms with E-state index in [1.165, 1.54) is 18.2 Å². The van der Waals surface area contributed by atoms with Gasteiger partial charge in [-0.3, -0.25) is 9.59 Å². The topological polar surface area (TPSA) is 64.8 Å². The highest BCUT2D eigenvalue weighted by Gasteiger charge is 2.15. The lowest BCUT2D eigenvalue weighted by molar-refractivity contribution is -0.120. The molecule has 0 fully saturated rings. The SMILES string of the molecule is Cc1ccc([C@H](C)CC(=O)Cn2nnc3cccc(F)c3c2=O)cc1. The second-order valence-electron chi connectivity index (χ2n) is 6.24. The molecule has 1 aromatic heterocycles. The number of halogens is 1. The molecular weight excluding hydrogens is 321 g/mol. The minimum absolute atomic E-state index is 0.0222. The summed E-state index contributed by atoms with van der Waals surface area (Å²) in [5, 5.41) is 7.43. The number of rotatable bonds is 5. The Morgan fingerprint density at radius 1 is 1.20 bits per heavy atom. The Balaban J connectivity index is 1.78. The first-order valence-electron chi connectivity index (χ1n) is 8.06. The minimum atomic E-state index is -0.661. The molecule has 3 rings (SSSR count). The number of hydrogen-bond donors (Lipinski definition) is 0. The molecule has 0 spiro atoms. The fraction of sp³-hybridized carbons (Fsp3) is 0.263. The molecule has 0 bridgehead atoms. The second kappa shape index (κ2) is 6.93. The summed E-state index contributed by atoms with van der Waals surface area (Å²) in [6.07, 6.45) is 0.270. The van der Waals surface area contributed by atoms with Crippen LogP contribution < -0.4 is 5.56 Å². The number of ketones is 1. The van der Waals surface area contributed by atoms with Crippen LogP contribution >= 0.6 is 0 Å². The summed E-state index contributed by atoms with van der Waals surface area (Å²) in [5.74, 6) is -0.791. The number of nitrogens with zero attached hydrogens (tertiary/aromatic N) is 3. The summed E-state index contributed by atoms with van der Waals surface area (Å²) >= 11 is 0. The van der Waals surface area contributed by atoms with Crippen molar-refractivity contribution in [1.29, 1.82) is 0 Å². The molecule has 0 aliphatic rings. The molecule has 2 aromatic carbocycles. The fourth-order valence-corrected chi connectivity index (χ4v) is 2.77. The van der Waals surface area contributed by atoms with Gasteiger partial charge in [0.15, 0.2) is 5.78 Å². The van der Waals surface area contributed by atoms with E-state index in [1.54, 1.807) is 0 Å². The maximum absolute atomic E-state index is 13.9. The highest BCUT2D eigenvalue weighted by molar-refractivity contribution is 5.80. The number of aryl methyl sites for hydroxylation is 1. The van der Waals surface area contributed by atoms with Crippen LogP contribution in [0.5, 0.6) is 0 Å². The van der Waals surface area contributed by atoms with Crippen molar-refractivity contribution >= 4 is 16.7 Å². The Bertz CT molecular complexity index is 980. The monoisotopic (exact) mass is 339 g/mol. The van der Waals surface area contributed by atoms with Gasteiger partial charge in [0, 0.05) is 6.42 Å². The third-order valence-electron chi connectivity index (χ3n) is 4.21. The van der Waals surface area contributed by atoms with E-state index in [9.17, 15) is 14.0 Å². The third-order valence-corrected chi connectivity index (χ3v) is 4.21. The van der Waals surface area contributed by atoms with Crippen LogP contribution in [0.2, 0.25) is 0 Å². The molecule has 0 N–H and O–H groups in total. The van der Waals surface area contributed by atoms with Crippen molar-refractivity contribution in [1.82, 2.24) is 15.0 Å². The lowest BCUT2D eigenvalue weighted by Crippen LogP contribution is -2.28. The first-order valence-corrected chi connectivity index (χ1v) is 8.06. The number of benzene rings is 2. The van der Waals surface area contributed by atoms with Crippen molar-refractivity contribution < 1.29 is 9.18 Å². The molecule has 3 aromatic rings. The normalized spacial score (nSPS) is 12.3. The molecule has 1 heterocycles. The van der Waals surface area contributed by atoms with Gasteiger partial charge in [-0.15, -0.1) is 5.10 Å². The Morgan fingerprint density at radius 3 is 2.64 bits per heavy atom. The highest BCUT2D eigenvalue weighted by atomic mass is 19.1. The number of hydrogen-bond acceptors (Lipinski definition) is 4. The minimum Gasteiger partial charge on any atom is -0.298 e. The smallest absolute Gasteiger partial charge is 0.281 e. The molecule has 0 radical (unpaired) electrons. The molecule has 0 unspecified atom stereocenters. The predicted octanol–water partition coefficient (Wildman–Crippen LogP) is 3.00. The van der Waals surface area contributed by atoms with E-state index in [1.807, 2.05) is 38.1 Å². The van der Waals surface area contributed by atoms with E-state index < -0.39 is 11.4 Å². The van der Waals surface area contributed by atoms with Gasteiger partial charge in [-0.1, -0.05) is 48.0 Å². The van der Waals surface area contributed by atoms with E-state index in [0.717, 1.165) is 15.8 Å². The standard InChI is InChI=1S/C19H18FN3O2/c1-12-6-8-14(9-7-12)13(2)10-15(24)11-23-19(25)18-16(20)4-3-5-17(18)21-22-23/h3-9,13H,10-11H2,1-2H3/t13-/m1/s1. The molecule has 128 valence electrons. The first-order chi connectivity index (χ1) is 12.0. The number of Topliss-reactive ketones (excluding diaryl/α,β-unsaturated/α-hetero) is 1. The van der Waals surface area contributed by atoms with Gasteiger partial charge in [-0.25, -0.2) is 9.07 Å². The zero-order chi connectivity index (χ0) is 18.0. The van der Waals surface area contributed by atoms with Gasteiger partial charge < -0.3 is 0 Å². The van der Waals surface area contributed by atoms with Crippen LogP contribution in [0.25, 0.3) is 10.9 Å². The maximum Gasteiger partial charge on any atom is 0.281 e. The van der Waals surface area contributed by atoms with Crippen LogP contribution in [0, 0.1) is 12.7 Å². The van der Waals surface area contributed by atoms with Crippen molar-refractivity contribution in [2.45, 2.75) is 32.7 Å². The van der Waals surface area contributed by atoms with E-state index in [0.29, 0.717) is 0 Å². The Kier molecular flexibility index (Phi) is 4.70. The summed E-state index contributed by atoms with van der Waals surface area (Å²) in [7, 11) is 0. The van der Waals surface area contributed by atoms with Crippen LogP contribution in [0.15, 0.2) is 47.3 Å². The zero-order valence-corrected chi connectivity index (χ0v) is 14.1. The number of aromatic nitrogens is 3. The summed E-state index contributed by atoms with van der Waals surface area (Å²) < 4.78 is 14.8. The largest absolute Gasteiger partial charge is 0.298 e. The van der Waals surface area contributed by atoms with Gasteiger partial charge in [0.2, 0.25) is 0 Å². The van der Waals surface area contributed by atoms with E-state index in [-0.39, 0.29) is 35.6 Å². The van der Waals surface area contributed by atoms with Crippen LogP contribution in [0.3, 0.4) is 0 Å². The molecule has 0 aliphatic carbocycles. The summed E-state index contributed by atoms with van der Waals surface area (Å²) in [6, 6.07) is 12.1. The van der Waals surface area contributed by atoms with Crippen molar-refractivity contribution in [3.8, 4) is 0 Å². The quantitative estimate of drug-likeness (QED) is 0.717. The maximum atomic E-state index is 13.9. The third kappa shape index (κ3) is 3.63. The van der Waals surface area contributed by atoms with Gasteiger partial charge in [0.25, 0.3) is 5.56 Å². The van der Waals surface area contributed by atoms with Gasteiger partial charge >= 0.3 is 0 Å². The summed E-state index contributed by atoms with van der Waals surface area (Å²) in [6.45, 7) is 3.74. The van der Waals surface area contributed by atoms with Gasteiger partial charge in [-0.05, 0) is 30.5 Å². The summed E-state index contributed by atoms with van der Waals surface area (Å²) in [5.41, 5.74) is 1.75. The molecule has 1 atom stereocenters. The van der Waals surface area contributed by atoms with Gasteiger partial charge in [0.05, 0.1) is 0 Å². The zero-order valence-electron chi connectivity index (χ0n) is 14.1. The van der Waals surface area contributed by atoms with E-state index >= 15 is 0 Å². The Morgan fingerprint density at radius 2 is 1.92 bits per heavy atom. The lowest BCUT2D eigenvalue weighted by atomic mass is 9.95. The van der Waals surface area contributed by atoms with Crippen molar-refractivity contribution in [3.63, 3.8) is 0 Å². The summed E-state index contributed by atoms with van der Waals surface area (Å²) in [4.78, 5) is 24.7. The molecule has 0 saturated carbocycles. The van der Waals surface area contributed by atoms with Gasteiger partial charge in [0.1, 0.15) is 23.3 Å². The van der Waals surface area contributed by atoms with E-state index in [4.69, 9.17) is 0 Å². The number of carbonyl (C=O) groups excluding carboxylic acids is 1.